The van der Waals surface area contributed by atoms with Crippen LogP contribution in [-0.4, -0.2) is 28.8 Å². The lowest BCUT2D eigenvalue weighted by Gasteiger charge is -2.25. The summed E-state index contributed by atoms with van der Waals surface area (Å²) in [7, 11) is 0. The molecule has 0 fully saturated rings. The standard InChI is InChI=1S/C16H13N3O4S/c1-9-17-16(23-19-9)14-10(6-7-24-14)18-15(20)13-8-21-11-4-2-3-5-12(11)22-13/h2-7,13H,8H2,1H3,(H,18,20)/t13-/m1/s1. The van der Waals surface area contributed by atoms with Crippen molar-refractivity contribution in [1.82, 2.24) is 10.1 Å². The van der Waals surface area contributed by atoms with E-state index in [0.29, 0.717) is 33.8 Å². The average molecular weight is 343 g/mol. The highest BCUT2D eigenvalue weighted by Gasteiger charge is 2.28. The van der Waals surface area contributed by atoms with E-state index < -0.39 is 6.10 Å². The summed E-state index contributed by atoms with van der Waals surface area (Å²) in [5.41, 5.74) is 0.608. The van der Waals surface area contributed by atoms with Crippen LogP contribution >= 0.6 is 11.3 Å². The fourth-order valence-corrected chi connectivity index (χ4v) is 3.09. The van der Waals surface area contributed by atoms with Crippen molar-refractivity contribution in [3.05, 3.63) is 41.5 Å². The molecular formula is C16H13N3O4S. The zero-order chi connectivity index (χ0) is 16.5. The topological polar surface area (TPSA) is 86.5 Å². The molecule has 2 aromatic heterocycles. The quantitative estimate of drug-likeness (QED) is 0.787. The van der Waals surface area contributed by atoms with Gasteiger partial charge in [0, 0.05) is 0 Å². The lowest BCUT2D eigenvalue weighted by molar-refractivity contribution is -0.125. The molecule has 4 rings (SSSR count). The molecule has 0 spiro atoms. The van der Waals surface area contributed by atoms with Crippen molar-refractivity contribution in [1.29, 1.82) is 0 Å². The number of carbonyl (C=O) groups is 1. The number of hydrogen-bond acceptors (Lipinski definition) is 7. The summed E-state index contributed by atoms with van der Waals surface area (Å²) in [5, 5.41) is 8.45. The summed E-state index contributed by atoms with van der Waals surface area (Å²) >= 11 is 1.41. The number of para-hydroxylation sites is 2. The van der Waals surface area contributed by atoms with E-state index in [4.69, 9.17) is 14.0 Å². The number of rotatable bonds is 3. The van der Waals surface area contributed by atoms with Crippen molar-refractivity contribution < 1.29 is 18.8 Å². The molecule has 1 aliphatic heterocycles. The second kappa shape index (κ2) is 5.97. The minimum atomic E-state index is -0.725. The molecule has 1 atom stereocenters. The fourth-order valence-electron chi connectivity index (χ4n) is 2.32. The highest BCUT2D eigenvalue weighted by atomic mass is 32.1. The summed E-state index contributed by atoms with van der Waals surface area (Å²) in [6.45, 7) is 1.89. The van der Waals surface area contributed by atoms with Crippen molar-refractivity contribution in [2.75, 3.05) is 11.9 Å². The molecule has 122 valence electrons. The Labute approximate surface area is 141 Å². The Hall–Kier alpha value is -2.87. The maximum atomic E-state index is 12.5. The van der Waals surface area contributed by atoms with Crippen molar-refractivity contribution in [2.24, 2.45) is 0 Å². The predicted octanol–water partition coefficient (Wildman–Crippen LogP) is 2.89. The molecule has 3 heterocycles. The number of aryl methyl sites for hydroxylation is 1. The summed E-state index contributed by atoms with van der Waals surface area (Å²) in [5.74, 6) is 1.82. The molecule has 0 unspecified atom stereocenters. The normalized spacial score (nSPS) is 16.0. The van der Waals surface area contributed by atoms with Gasteiger partial charge >= 0.3 is 0 Å². The van der Waals surface area contributed by atoms with Crippen LogP contribution in [0, 0.1) is 6.92 Å². The Balaban J connectivity index is 1.51. The van der Waals surface area contributed by atoms with E-state index >= 15 is 0 Å². The molecule has 1 aliphatic rings. The smallest absolute Gasteiger partial charge is 0.270 e. The van der Waals surface area contributed by atoms with Gasteiger partial charge in [-0.3, -0.25) is 4.79 Å². The largest absolute Gasteiger partial charge is 0.485 e. The van der Waals surface area contributed by atoms with E-state index in [1.165, 1.54) is 11.3 Å². The SMILES string of the molecule is Cc1noc(-c2sccc2NC(=O)[C@H]2COc3ccccc3O2)n1. The van der Waals surface area contributed by atoms with Gasteiger partial charge in [-0.15, -0.1) is 11.3 Å². The van der Waals surface area contributed by atoms with Crippen LogP contribution in [0.3, 0.4) is 0 Å². The van der Waals surface area contributed by atoms with E-state index in [0.717, 1.165) is 0 Å². The van der Waals surface area contributed by atoms with Crippen LogP contribution < -0.4 is 14.8 Å². The third-order valence-corrected chi connectivity index (χ3v) is 4.35. The fraction of sp³-hybridized carbons (Fsp3) is 0.188. The van der Waals surface area contributed by atoms with Crippen LogP contribution in [-0.2, 0) is 4.79 Å². The molecule has 0 saturated heterocycles. The van der Waals surface area contributed by atoms with Crippen LogP contribution in [0.25, 0.3) is 10.8 Å². The number of thiophene rings is 1. The van der Waals surface area contributed by atoms with Gasteiger partial charge in [0.05, 0.1) is 5.69 Å². The van der Waals surface area contributed by atoms with E-state index in [9.17, 15) is 4.79 Å². The highest BCUT2D eigenvalue weighted by Crippen LogP contribution is 2.34. The Bertz CT molecular complexity index is 889. The number of carbonyl (C=O) groups excluding carboxylic acids is 1. The Morgan fingerprint density at radius 1 is 1.29 bits per heavy atom. The lowest BCUT2D eigenvalue weighted by Crippen LogP contribution is -2.40. The van der Waals surface area contributed by atoms with E-state index in [-0.39, 0.29) is 12.5 Å². The third-order valence-electron chi connectivity index (χ3n) is 3.45. The number of aromatic nitrogens is 2. The Morgan fingerprint density at radius 3 is 2.92 bits per heavy atom. The predicted molar refractivity (Wildman–Crippen MR) is 87.3 cm³/mol. The molecule has 0 bridgehead atoms. The van der Waals surface area contributed by atoms with E-state index in [1.54, 1.807) is 25.1 Å². The second-order valence-corrected chi connectivity index (χ2v) is 6.08. The zero-order valence-electron chi connectivity index (χ0n) is 12.7. The lowest BCUT2D eigenvalue weighted by atomic mass is 10.2. The van der Waals surface area contributed by atoms with Gasteiger partial charge in [-0.2, -0.15) is 4.98 Å². The van der Waals surface area contributed by atoms with Crippen molar-refractivity contribution in [3.63, 3.8) is 0 Å². The molecule has 7 nitrogen and oxygen atoms in total. The van der Waals surface area contributed by atoms with Crippen molar-refractivity contribution in [3.8, 4) is 22.3 Å². The number of ether oxygens (including phenoxy) is 2. The summed E-state index contributed by atoms with van der Waals surface area (Å²) in [6.07, 6.45) is -0.725. The van der Waals surface area contributed by atoms with Gasteiger partial charge in [-0.1, -0.05) is 17.3 Å². The average Bonchev–Trinajstić information content (AvgIpc) is 3.23. The summed E-state index contributed by atoms with van der Waals surface area (Å²) in [6, 6.07) is 9.05. The molecule has 1 N–H and O–H groups in total. The molecule has 0 aliphatic carbocycles. The van der Waals surface area contributed by atoms with Crippen LogP contribution in [0.2, 0.25) is 0 Å². The number of benzene rings is 1. The number of hydrogen-bond donors (Lipinski definition) is 1. The maximum absolute atomic E-state index is 12.5. The summed E-state index contributed by atoms with van der Waals surface area (Å²) in [4.78, 5) is 17.4. The molecule has 1 amide bonds. The van der Waals surface area contributed by atoms with Gasteiger partial charge < -0.3 is 19.3 Å². The van der Waals surface area contributed by atoms with Gasteiger partial charge in [0.1, 0.15) is 11.5 Å². The van der Waals surface area contributed by atoms with Gasteiger partial charge in [0.25, 0.3) is 11.8 Å². The molecule has 8 heteroatoms. The van der Waals surface area contributed by atoms with Crippen molar-refractivity contribution >= 4 is 22.9 Å². The Morgan fingerprint density at radius 2 is 2.12 bits per heavy atom. The molecule has 1 aromatic carbocycles. The molecule has 0 radical (unpaired) electrons. The first-order valence-electron chi connectivity index (χ1n) is 7.28. The van der Waals surface area contributed by atoms with Gasteiger partial charge in [-0.25, -0.2) is 0 Å². The van der Waals surface area contributed by atoms with E-state index in [2.05, 4.69) is 15.5 Å². The minimum Gasteiger partial charge on any atom is -0.485 e. The number of fused-ring (bicyclic) bond motifs is 1. The van der Waals surface area contributed by atoms with E-state index in [1.807, 2.05) is 17.5 Å². The van der Waals surface area contributed by atoms with Crippen LogP contribution in [0.1, 0.15) is 5.82 Å². The maximum Gasteiger partial charge on any atom is 0.270 e. The van der Waals surface area contributed by atoms with Crippen LogP contribution in [0.5, 0.6) is 11.5 Å². The number of anilines is 1. The van der Waals surface area contributed by atoms with Crippen molar-refractivity contribution in [2.45, 2.75) is 13.0 Å². The first kappa shape index (κ1) is 14.7. The Kier molecular flexibility index (Phi) is 3.66. The number of nitrogens with zero attached hydrogens (tertiary/aromatic N) is 2. The molecule has 24 heavy (non-hydrogen) atoms. The molecule has 3 aromatic rings. The first-order chi connectivity index (χ1) is 11.7. The highest BCUT2D eigenvalue weighted by molar-refractivity contribution is 7.14. The van der Waals surface area contributed by atoms with Gasteiger partial charge in [0.2, 0.25) is 6.10 Å². The van der Waals surface area contributed by atoms with Gasteiger partial charge in [0.15, 0.2) is 17.3 Å². The minimum absolute atomic E-state index is 0.155. The van der Waals surface area contributed by atoms with Crippen LogP contribution in [0.4, 0.5) is 5.69 Å². The zero-order valence-corrected chi connectivity index (χ0v) is 13.5. The second-order valence-electron chi connectivity index (χ2n) is 5.16. The number of nitrogens with one attached hydrogen (secondary N) is 1. The number of amides is 1. The van der Waals surface area contributed by atoms with Crippen LogP contribution in [0.15, 0.2) is 40.2 Å². The monoisotopic (exact) mass is 343 g/mol. The van der Waals surface area contributed by atoms with Gasteiger partial charge in [-0.05, 0) is 30.5 Å². The molecule has 0 saturated carbocycles. The first-order valence-corrected chi connectivity index (χ1v) is 8.16. The molecular weight excluding hydrogens is 330 g/mol. The summed E-state index contributed by atoms with van der Waals surface area (Å²) < 4.78 is 16.4. The third kappa shape index (κ3) is 2.71.